The summed E-state index contributed by atoms with van der Waals surface area (Å²) in [6.07, 6.45) is 0.244. The molecule has 5 heterocycles. The van der Waals surface area contributed by atoms with Gasteiger partial charge in [0.2, 0.25) is 6.10 Å². The van der Waals surface area contributed by atoms with Gasteiger partial charge in [0.25, 0.3) is 28.9 Å². The monoisotopic (exact) mass is 649 g/mol. The summed E-state index contributed by atoms with van der Waals surface area (Å²) in [6, 6.07) is -1.08. The van der Waals surface area contributed by atoms with Gasteiger partial charge in [-0.05, 0) is 23.9 Å². The van der Waals surface area contributed by atoms with Crippen LogP contribution in [0.15, 0.2) is 33.3 Å². The summed E-state index contributed by atoms with van der Waals surface area (Å²) in [5.41, 5.74) is 13.2. The fraction of sp³-hybridized carbons (Fsp3) is 0.348. The van der Waals surface area contributed by atoms with Gasteiger partial charge in [-0.15, -0.1) is 23.1 Å². The molecule has 3 aromatic rings. The number of carboxylic acid groups (broad SMARTS) is 2. The van der Waals surface area contributed by atoms with E-state index in [1.807, 2.05) is 14.0 Å². The quantitative estimate of drug-likeness (QED) is 0.0451. The van der Waals surface area contributed by atoms with E-state index in [1.165, 1.54) is 35.8 Å². The number of β-lactam (4-membered cyclic amide) rings is 1. The first-order valence-electron chi connectivity index (χ1n) is 12.4. The number of thiazole rings is 1. The Bertz CT molecular complexity index is 1740. The number of nitrogens with zero attached hydrogens (tertiary/aromatic N) is 7. The Balaban J connectivity index is 1.35. The van der Waals surface area contributed by atoms with Crippen molar-refractivity contribution in [2.45, 2.75) is 36.5 Å². The number of aryl methyl sites for hydroxylation is 2. The second-order valence-corrected chi connectivity index (χ2v) is 12.3. The van der Waals surface area contributed by atoms with Crippen LogP contribution >= 0.6 is 34.9 Å². The van der Waals surface area contributed by atoms with Gasteiger partial charge < -0.3 is 31.8 Å². The van der Waals surface area contributed by atoms with Crippen molar-refractivity contribution in [3.05, 3.63) is 34.2 Å². The Morgan fingerprint density at radius 3 is 2.72 bits per heavy atom. The Morgan fingerprint density at radius 2 is 2.07 bits per heavy atom. The third kappa shape index (κ3) is 5.55. The fourth-order valence-corrected chi connectivity index (χ4v) is 7.31. The number of nitrogens with two attached hydrogens (primary N) is 2. The summed E-state index contributed by atoms with van der Waals surface area (Å²) in [6.45, 7) is 3.05. The normalized spacial score (nSPS) is 19.2. The highest BCUT2D eigenvalue weighted by molar-refractivity contribution is 8.01. The number of anilines is 2. The van der Waals surface area contributed by atoms with Crippen LogP contribution in [-0.2, 0) is 31.1 Å². The third-order valence-electron chi connectivity index (χ3n) is 6.53. The SMILES string of the molecule is Cc1c(N)nc(SCC2=C(C(=O)O)N3C(=O)C(NC(=O)/C(=N\O[C@H](C)C(=O)O)c4csc(N)n4)[C@H]3SC2)n2nc[n+](C)c12. The number of carbonyl (C=O) groups excluding carboxylic acids is 2. The van der Waals surface area contributed by atoms with Crippen LogP contribution in [0.1, 0.15) is 18.2 Å². The molecule has 2 amide bonds. The van der Waals surface area contributed by atoms with Crippen LogP contribution in [-0.4, -0.2) is 93.2 Å². The second kappa shape index (κ2) is 11.7. The highest BCUT2D eigenvalue weighted by atomic mass is 32.2. The summed E-state index contributed by atoms with van der Waals surface area (Å²) < 4.78 is 3.42. The molecule has 43 heavy (non-hydrogen) atoms. The van der Waals surface area contributed by atoms with E-state index >= 15 is 0 Å². The van der Waals surface area contributed by atoms with Crippen molar-refractivity contribution < 1.29 is 38.8 Å². The van der Waals surface area contributed by atoms with Crippen molar-refractivity contribution in [2.75, 3.05) is 23.0 Å². The number of fused-ring (bicyclic) bond motifs is 2. The number of carbonyl (C=O) groups is 4. The van der Waals surface area contributed by atoms with Crippen LogP contribution in [0.25, 0.3) is 5.65 Å². The van der Waals surface area contributed by atoms with Gasteiger partial charge >= 0.3 is 11.9 Å². The molecule has 5 rings (SSSR count). The molecule has 0 bridgehead atoms. The summed E-state index contributed by atoms with van der Waals surface area (Å²) in [7, 11) is 1.82. The fourth-order valence-electron chi connectivity index (χ4n) is 4.33. The molecule has 2 aliphatic rings. The largest absolute Gasteiger partial charge is 0.478 e. The lowest BCUT2D eigenvalue weighted by Crippen LogP contribution is -2.71. The molecule has 0 aromatic carbocycles. The third-order valence-corrected chi connectivity index (χ3v) is 9.56. The van der Waals surface area contributed by atoms with E-state index in [0.29, 0.717) is 16.5 Å². The predicted octanol–water partition coefficient (Wildman–Crippen LogP) is -0.792. The number of rotatable bonds is 10. The molecule has 0 radical (unpaired) electrons. The molecular formula is C23H25N10O7S3+. The van der Waals surface area contributed by atoms with E-state index in [9.17, 15) is 24.3 Å². The van der Waals surface area contributed by atoms with Crippen LogP contribution in [0.3, 0.4) is 0 Å². The number of thioether (sulfide) groups is 2. The zero-order valence-electron chi connectivity index (χ0n) is 22.7. The van der Waals surface area contributed by atoms with E-state index in [0.717, 1.165) is 27.4 Å². The average molecular weight is 650 g/mol. The van der Waals surface area contributed by atoms with Crippen LogP contribution in [0, 0.1) is 6.92 Å². The molecule has 0 spiro atoms. The average Bonchev–Trinajstić information content (AvgIpc) is 3.57. The van der Waals surface area contributed by atoms with E-state index in [-0.39, 0.29) is 33.7 Å². The molecule has 2 aliphatic heterocycles. The lowest BCUT2D eigenvalue weighted by atomic mass is 10.0. The smallest absolute Gasteiger partial charge is 0.352 e. The summed E-state index contributed by atoms with van der Waals surface area (Å²) in [5, 5.41) is 31.0. The van der Waals surface area contributed by atoms with Gasteiger partial charge in [0, 0.05) is 22.0 Å². The Kier molecular flexibility index (Phi) is 8.16. The van der Waals surface area contributed by atoms with Gasteiger partial charge in [-0.1, -0.05) is 16.9 Å². The molecule has 20 heteroatoms. The summed E-state index contributed by atoms with van der Waals surface area (Å²) in [5.74, 6) is -3.34. The molecule has 3 atom stereocenters. The van der Waals surface area contributed by atoms with Crippen molar-refractivity contribution in [3.63, 3.8) is 0 Å². The molecule has 226 valence electrons. The van der Waals surface area contributed by atoms with Crippen LogP contribution in [0.2, 0.25) is 0 Å². The molecule has 1 fully saturated rings. The van der Waals surface area contributed by atoms with Gasteiger partial charge in [0.15, 0.2) is 10.8 Å². The minimum absolute atomic E-state index is 0.0215. The molecular weight excluding hydrogens is 625 g/mol. The van der Waals surface area contributed by atoms with E-state index in [2.05, 4.69) is 25.5 Å². The van der Waals surface area contributed by atoms with Gasteiger partial charge in [-0.3, -0.25) is 14.5 Å². The molecule has 3 aromatic heterocycles. The Morgan fingerprint density at radius 1 is 1.33 bits per heavy atom. The molecule has 7 N–H and O–H groups in total. The minimum Gasteiger partial charge on any atom is -0.478 e. The molecule has 1 saturated heterocycles. The first-order chi connectivity index (χ1) is 20.4. The lowest BCUT2D eigenvalue weighted by molar-refractivity contribution is -0.646. The zero-order chi connectivity index (χ0) is 31.2. The van der Waals surface area contributed by atoms with Gasteiger partial charge in [0.1, 0.15) is 28.6 Å². The number of nitrogen functional groups attached to an aromatic ring is 2. The highest BCUT2D eigenvalue weighted by Gasteiger charge is 2.54. The van der Waals surface area contributed by atoms with Gasteiger partial charge in [-0.2, -0.15) is 4.98 Å². The standard InChI is InChI=1S/C23H24N10O7S3/c1-8-15(24)29-23(33-17(8)31(3)7-26-33)43-5-10-4-41-19-13(18(35)32(19)14(10)21(38)39)28-16(34)12(11-6-42-22(25)27-11)30-40-9(2)20(36)37/h6-7,9,13,19,24H,4-5H2,1-3H3,(H5,25,27,28,34,36,37,38,39)/p+1/b30-12-/t9-,13?,19-/m1/s1. The summed E-state index contributed by atoms with van der Waals surface area (Å²) in [4.78, 5) is 64.3. The maximum absolute atomic E-state index is 13.2. The van der Waals surface area contributed by atoms with Crippen LogP contribution < -0.4 is 21.4 Å². The number of aromatic nitrogens is 5. The first-order valence-corrected chi connectivity index (χ1v) is 15.3. The second-order valence-electron chi connectivity index (χ2n) is 9.39. The number of carboxylic acids is 2. The predicted molar refractivity (Wildman–Crippen MR) is 155 cm³/mol. The van der Waals surface area contributed by atoms with E-state index < -0.39 is 41.3 Å². The molecule has 0 saturated carbocycles. The van der Waals surface area contributed by atoms with E-state index in [4.69, 9.17) is 21.4 Å². The van der Waals surface area contributed by atoms with Crippen LogP contribution in [0.4, 0.5) is 10.9 Å². The Hall–Kier alpha value is -4.43. The number of oxime groups is 1. The van der Waals surface area contributed by atoms with Crippen molar-refractivity contribution in [1.82, 2.24) is 29.8 Å². The number of aliphatic carboxylic acids is 2. The van der Waals surface area contributed by atoms with Gasteiger partial charge in [0.05, 0.1) is 12.6 Å². The first kappa shape index (κ1) is 30.0. The van der Waals surface area contributed by atoms with Crippen LogP contribution in [0.5, 0.6) is 0 Å². The Labute approximate surface area is 255 Å². The van der Waals surface area contributed by atoms with Gasteiger partial charge in [-0.25, -0.2) is 19.1 Å². The van der Waals surface area contributed by atoms with Crippen molar-refractivity contribution in [3.8, 4) is 0 Å². The number of hydrogen-bond acceptors (Lipinski definition) is 14. The minimum atomic E-state index is -1.37. The topological polar surface area (TPSA) is 245 Å². The van der Waals surface area contributed by atoms with Crippen molar-refractivity contribution in [1.29, 1.82) is 0 Å². The van der Waals surface area contributed by atoms with Crippen molar-refractivity contribution >= 4 is 80.9 Å². The summed E-state index contributed by atoms with van der Waals surface area (Å²) >= 11 is 3.53. The lowest BCUT2D eigenvalue weighted by Gasteiger charge is -2.49. The van der Waals surface area contributed by atoms with E-state index in [1.54, 1.807) is 15.4 Å². The molecule has 1 unspecified atom stereocenters. The number of hydrogen-bond donors (Lipinski definition) is 5. The highest BCUT2D eigenvalue weighted by Crippen LogP contribution is 2.41. The molecule has 0 aliphatic carbocycles. The van der Waals surface area contributed by atoms with Crippen molar-refractivity contribution in [2.24, 2.45) is 12.2 Å². The zero-order valence-corrected chi connectivity index (χ0v) is 25.2. The maximum atomic E-state index is 13.2. The number of nitrogens with one attached hydrogen (secondary N) is 1. The maximum Gasteiger partial charge on any atom is 0.352 e. The number of amides is 2. The molecule has 17 nitrogen and oxygen atoms in total.